The summed E-state index contributed by atoms with van der Waals surface area (Å²) in [5, 5.41) is 38.8. The number of azo groups is 2. The molecule has 4 aromatic rings. The maximum atomic E-state index is 13.0. The largest absolute Gasteiger partial charge is 0.505 e. The summed E-state index contributed by atoms with van der Waals surface area (Å²) >= 11 is 0.148. The Kier molecular flexibility index (Phi) is 15.1. The normalized spacial score (nSPS) is 13.1. The minimum Gasteiger partial charge on any atom is -0.505 e. The molecule has 0 saturated heterocycles. The number of sulfone groups is 2. The van der Waals surface area contributed by atoms with Gasteiger partial charge >= 0.3 is 20.8 Å². The fourth-order valence-corrected chi connectivity index (χ4v) is 9.33. The van der Waals surface area contributed by atoms with Crippen LogP contribution in [0, 0.1) is 0 Å². The van der Waals surface area contributed by atoms with Gasteiger partial charge in [0.05, 0.1) is 72.1 Å². The molecule has 0 saturated carbocycles. The number of methoxy groups -OCH3 is 2. The Hall–Kier alpha value is -4.68. The lowest BCUT2D eigenvalue weighted by molar-refractivity contribution is -0.432. The Balaban J connectivity index is 1.82. The van der Waals surface area contributed by atoms with Crippen molar-refractivity contribution in [2.24, 2.45) is 20.5 Å². The van der Waals surface area contributed by atoms with Crippen LogP contribution in [0.25, 0.3) is 10.8 Å². The molecule has 0 aromatic heterocycles. The van der Waals surface area contributed by atoms with E-state index < -0.39 is 119 Å². The number of fused-ring (bicyclic) bond motifs is 1. The van der Waals surface area contributed by atoms with Crippen LogP contribution in [0.3, 0.4) is 0 Å². The summed E-state index contributed by atoms with van der Waals surface area (Å²) in [7, 11) is -21.4. The van der Waals surface area contributed by atoms with Crippen LogP contribution in [-0.2, 0) is 68.3 Å². The van der Waals surface area contributed by atoms with Crippen molar-refractivity contribution in [3.05, 3.63) is 48.5 Å². The fourth-order valence-electron chi connectivity index (χ4n) is 4.87. The lowest BCUT2D eigenvalue weighted by Crippen LogP contribution is -2.16. The van der Waals surface area contributed by atoms with Crippen molar-refractivity contribution in [3.8, 4) is 17.2 Å². The van der Waals surface area contributed by atoms with Gasteiger partial charge in [0.1, 0.15) is 38.4 Å². The summed E-state index contributed by atoms with van der Waals surface area (Å²) < 4.78 is 170. The van der Waals surface area contributed by atoms with Crippen molar-refractivity contribution in [1.29, 1.82) is 0 Å². The number of nitrogens with two attached hydrogens (primary N) is 1. The first-order chi connectivity index (χ1) is 27.8. The Morgan fingerprint density at radius 1 is 0.683 bits per heavy atom. The van der Waals surface area contributed by atoms with E-state index in [0.717, 1.165) is 62.8 Å². The van der Waals surface area contributed by atoms with Crippen LogP contribution in [0.5, 0.6) is 17.2 Å². The highest BCUT2D eigenvalue weighted by atomic mass is 32.3. The average molecular weight is 964 g/mol. The van der Waals surface area contributed by atoms with Gasteiger partial charge in [-0.2, -0.15) is 30.4 Å². The molecule has 7 N–H and O–H groups in total. The zero-order valence-electron chi connectivity index (χ0n) is 30.0. The quantitative estimate of drug-likeness (QED) is 0.0183. The number of phenols is 1. The molecule has 0 fully saturated rings. The molecule has 0 atom stereocenters. The van der Waals surface area contributed by atoms with Crippen molar-refractivity contribution >= 4 is 102 Å². The van der Waals surface area contributed by atoms with Gasteiger partial charge in [0.25, 0.3) is 10.1 Å². The van der Waals surface area contributed by atoms with Gasteiger partial charge in [0.15, 0.2) is 25.4 Å². The first-order valence-corrected chi connectivity index (χ1v) is 23.7. The molecule has 0 aliphatic carbocycles. The van der Waals surface area contributed by atoms with Crippen LogP contribution >= 0.6 is 12.0 Å². The minimum atomic E-state index is -5.26. The van der Waals surface area contributed by atoms with Gasteiger partial charge < -0.3 is 20.3 Å². The number of hydrogen-bond acceptors (Lipinski definition) is 24. The van der Waals surface area contributed by atoms with E-state index in [1.807, 2.05) is 0 Å². The van der Waals surface area contributed by atoms with Gasteiger partial charge in [-0.05, 0) is 36.4 Å². The SMILES string of the molecule is COc1cc(S(=O)(=O)CCOS(=O)(=O)O)c(OC)cc1N=Nc1c(SOOO)cc2c(S(=O)(=O)O)c(N)c(N=Nc3ccc(S(=O)(=O)CCOS(=O)(=O)O)cc3)cc2c1O. The van der Waals surface area contributed by atoms with Gasteiger partial charge in [-0.3, -0.25) is 13.7 Å². The molecule has 0 unspecified atom stereocenters. The van der Waals surface area contributed by atoms with Crippen LogP contribution < -0.4 is 15.2 Å². The smallest absolute Gasteiger partial charge is 0.397 e. The summed E-state index contributed by atoms with van der Waals surface area (Å²) in [5.41, 5.74) is 4.07. The second-order valence-electron chi connectivity index (χ2n) is 11.2. The standard InChI is InChI=1S/C28H29N5O21S6/c1-49-21-14-24(57(38,39)10-8-52-60(46,47)48)22(50-2)13-19(21)31-33-26-23(55-54-53-35)12-18-17(27(26)34)11-20(25(29)28(18)58(40,41)42)32-30-15-3-5-16(6-4-15)56(36,37)9-7-51-59(43,44)45/h3-6,11-14,34-35H,7-10,29H2,1-2H3,(H,40,41,42)(H,43,44,45)(H,46,47,48). The van der Waals surface area contributed by atoms with Gasteiger partial charge in [-0.25, -0.2) is 30.5 Å². The monoisotopic (exact) mass is 963 g/mol. The predicted molar refractivity (Wildman–Crippen MR) is 204 cm³/mol. The highest BCUT2D eigenvalue weighted by molar-refractivity contribution is 7.94. The number of nitrogen functional groups attached to an aromatic ring is 1. The lowest BCUT2D eigenvalue weighted by Gasteiger charge is -2.15. The molecular weight excluding hydrogens is 935 g/mol. The molecule has 0 amide bonds. The molecular formula is C28H29N5O21S6. The third-order valence-electron chi connectivity index (χ3n) is 7.43. The molecule has 0 spiro atoms. The van der Waals surface area contributed by atoms with E-state index in [-0.39, 0.29) is 44.7 Å². The van der Waals surface area contributed by atoms with Crippen molar-refractivity contribution in [3.63, 3.8) is 0 Å². The molecule has 0 bridgehead atoms. The number of aromatic hydroxyl groups is 1. The van der Waals surface area contributed by atoms with Crippen LogP contribution in [0.1, 0.15) is 0 Å². The molecule has 26 nitrogen and oxygen atoms in total. The molecule has 0 aliphatic heterocycles. The number of rotatable bonds is 20. The molecule has 0 aliphatic rings. The van der Waals surface area contributed by atoms with Crippen LogP contribution in [0.2, 0.25) is 0 Å². The van der Waals surface area contributed by atoms with Crippen LogP contribution in [0.15, 0.2) is 88.6 Å². The van der Waals surface area contributed by atoms with Gasteiger partial charge in [-0.15, -0.1) is 19.7 Å². The maximum absolute atomic E-state index is 13.0. The summed E-state index contributed by atoms with van der Waals surface area (Å²) in [4.78, 5) is -2.19. The second kappa shape index (κ2) is 18.9. The maximum Gasteiger partial charge on any atom is 0.397 e. The molecule has 4 aromatic carbocycles. The topological polar surface area (TPSA) is 403 Å². The lowest BCUT2D eigenvalue weighted by atomic mass is 10.1. The third-order valence-corrected chi connectivity index (χ3v) is 13.3. The van der Waals surface area contributed by atoms with Gasteiger partial charge in [0.2, 0.25) is 0 Å². The van der Waals surface area contributed by atoms with E-state index >= 15 is 0 Å². The Morgan fingerprint density at radius 3 is 1.78 bits per heavy atom. The number of anilines is 1. The van der Waals surface area contributed by atoms with Crippen molar-refractivity contribution < 1.29 is 93.3 Å². The van der Waals surface area contributed by atoms with Gasteiger partial charge in [-0.1, -0.05) is 5.04 Å². The van der Waals surface area contributed by atoms with Crippen LogP contribution in [-0.4, -0.2) is 105 Å². The predicted octanol–water partition coefficient (Wildman–Crippen LogP) is 3.84. The summed E-state index contributed by atoms with van der Waals surface area (Å²) in [6, 6.07) is 8.35. The highest BCUT2D eigenvalue weighted by Gasteiger charge is 2.28. The zero-order valence-corrected chi connectivity index (χ0v) is 34.9. The van der Waals surface area contributed by atoms with E-state index in [9.17, 15) is 51.7 Å². The number of benzene rings is 4. The Labute approximate surface area is 344 Å². The van der Waals surface area contributed by atoms with Gasteiger partial charge in [0, 0.05) is 22.9 Å². The van der Waals surface area contributed by atoms with E-state index in [4.69, 9.17) is 29.6 Å². The molecule has 328 valence electrons. The fraction of sp³-hybridized carbons (Fsp3) is 0.214. The number of ether oxygens (including phenoxy) is 2. The minimum absolute atomic E-state index is 0.0442. The molecule has 4 rings (SSSR count). The molecule has 0 heterocycles. The average Bonchev–Trinajstić information content (AvgIpc) is 3.14. The Bertz CT molecular complexity index is 2910. The van der Waals surface area contributed by atoms with E-state index in [1.54, 1.807) is 0 Å². The third kappa shape index (κ3) is 12.2. The Morgan fingerprint density at radius 2 is 1.25 bits per heavy atom. The number of hydrogen-bond donors (Lipinski definition) is 6. The number of phenolic OH excluding ortho intramolecular Hbond substituents is 1. The summed E-state index contributed by atoms with van der Waals surface area (Å²) in [6.45, 7) is -1.85. The van der Waals surface area contributed by atoms with Crippen molar-refractivity contribution in [1.82, 2.24) is 0 Å². The summed E-state index contributed by atoms with van der Waals surface area (Å²) in [6.07, 6.45) is 0. The van der Waals surface area contributed by atoms with E-state index in [0.29, 0.717) is 0 Å². The van der Waals surface area contributed by atoms with Crippen molar-refractivity contribution in [2.75, 3.05) is 44.7 Å². The zero-order chi connectivity index (χ0) is 44.8. The molecule has 32 heteroatoms. The van der Waals surface area contributed by atoms with Crippen molar-refractivity contribution in [2.45, 2.75) is 19.6 Å². The number of nitrogens with zero attached hydrogens (tertiary/aromatic N) is 4. The second-order valence-corrected chi connectivity index (χ2v) is 19.7. The first kappa shape index (κ1) is 48.0. The summed E-state index contributed by atoms with van der Waals surface area (Å²) in [5.74, 6) is -3.31. The first-order valence-electron chi connectivity index (χ1n) is 15.4. The molecule has 60 heavy (non-hydrogen) atoms. The van der Waals surface area contributed by atoms with E-state index in [2.05, 4.69) is 38.2 Å². The van der Waals surface area contributed by atoms with Crippen LogP contribution in [0.4, 0.5) is 28.4 Å². The van der Waals surface area contributed by atoms with E-state index in [1.165, 1.54) is 0 Å². The molecule has 0 radical (unpaired) electrons. The highest BCUT2D eigenvalue weighted by Crippen LogP contribution is 2.49.